The van der Waals surface area contributed by atoms with Crippen molar-refractivity contribution in [2.45, 2.75) is 65.2 Å². The number of rotatable bonds is 4. The molecule has 1 aromatic rings. The maximum Gasteiger partial charge on any atom is 0.0681 e. The lowest BCUT2D eigenvalue weighted by atomic mass is 9.78. The lowest BCUT2D eigenvalue weighted by Gasteiger charge is -2.34. The Labute approximate surface area is 123 Å². The molecule has 0 aliphatic carbocycles. The fraction of sp³-hybridized carbons (Fsp3) is 0.706. The summed E-state index contributed by atoms with van der Waals surface area (Å²) < 4.78 is 6.28. The number of hydrogen-bond acceptors (Lipinski definition) is 3. The standard InChI is InChI=1S/C17H28N2O/c1-7-19-15(13-11-18-9-8-12(13)2)14-10-16(3,4)20-17(14,5)6/h8-9,11,14-15,19H,7,10H2,1-6H3. The third-order valence-electron chi connectivity index (χ3n) is 4.38. The van der Waals surface area contributed by atoms with Gasteiger partial charge in [0.2, 0.25) is 0 Å². The molecule has 3 heteroatoms. The minimum atomic E-state index is -0.126. The van der Waals surface area contributed by atoms with E-state index in [0.29, 0.717) is 12.0 Å². The highest BCUT2D eigenvalue weighted by Crippen LogP contribution is 2.47. The fourth-order valence-corrected chi connectivity index (χ4v) is 3.61. The van der Waals surface area contributed by atoms with Crippen molar-refractivity contribution in [3.05, 3.63) is 29.6 Å². The highest BCUT2D eigenvalue weighted by Gasteiger charge is 2.49. The Hall–Kier alpha value is -0.930. The Balaban J connectivity index is 2.37. The Bertz CT molecular complexity index is 468. The molecule has 1 fully saturated rings. The minimum Gasteiger partial charge on any atom is -0.369 e. The summed E-state index contributed by atoms with van der Waals surface area (Å²) in [6.45, 7) is 14.1. The van der Waals surface area contributed by atoms with E-state index in [9.17, 15) is 0 Å². The van der Waals surface area contributed by atoms with Crippen molar-refractivity contribution in [2.24, 2.45) is 5.92 Å². The first-order valence-electron chi connectivity index (χ1n) is 7.61. The smallest absolute Gasteiger partial charge is 0.0681 e. The van der Waals surface area contributed by atoms with Gasteiger partial charge in [-0.25, -0.2) is 0 Å². The van der Waals surface area contributed by atoms with Gasteiger partial charge < -0.3 is 10.1 Å². The second-order valence-electron chi connectivity index (χ2n) is 7.04. The molecule has 1 N–H and O–H groups in total. The Kier molecular flexibility index (Phi) is 4.22. The van der Waals surface area contributed by atoms with E-state index < -0.39 is 0 Å². The second-order valence-corrected chi connectivity index (χ2v) is 7.04. The average molecular weight is 276 g/mol. The first-order chi connectivity index (χ1) is 9.27. The number of ether oxygens (including phenoxy) is 1. The van der Waals surface area contributed by atoms with E-state index >= 15 is 0 Å². The Morgan fingerprint density at radius 3 is 2.60 bits per heavy atom. The van der Waals surface area contributed by atoms with Gasteiger partial charge in [0.15, 0.2) is 0 Å². The Morgan fingerprint density at radius 1 is 1.40 bits per heavy atom. The molecule has 1 aliphatic rings. The van der Waals surface area contributed by atoms with E-state index in [2.05, 4.69) is 57.9 Å². The van der Waals surface area contributed by atoms with Crippen LogP contribution in [0.15, 0.2) is 18.5 Å². The topological polar surface area (TPSA) is 34.2 Å². The van der Waals surface area contributed by atoms with Crippen LogP contribution in [0, 0.1) is 12.8 Å². The van der Waals surface area contributed by atoms with Crippen LogP contribution in [0.25, 0.3) is 0 Å². The third kappa shape index (κ3) is 3.04. The van der Waals surface area contributed by atoms with Gasteiger partial charge in [-0.15, -0.1) is 0 Å². The van der Waals surface area contributed by atoms with Crippen LogP contribution in [-0.2, 0) is 4.74 Å². The largest absolute Gasteiger partial charge is 0.369 e. The average Bonchev–Trinajstić information content (AvgIpc) is 2.55. The zero-order chi connectivity index (χ0) is 15.0. The van der Waals surface area contributed by atoms with Gasteiger partial charge in [-0.3, -0.25) is 4.98 Å². The van der Waals surface area contributed by atoms with E-state index in [4.69, 9.17) is 4.74 Å². The Morgan fingerprint density at radius 2 is 2.10 bits per heavy atom. The summed E-state index contributed by atoms with van der Waals surface area (Å²) in [5, 5.41) is 3.66. The van der Waals surface area contributed by atoms with Crippen molar-refractivity contribution in [2.75, 3.05) is 6.54 Å². The van der Waals surface area contributed by atoms with Crippen LogP contribution in [0.4, 0.5) is 0 Å². The molecule has 2 rings (SSSR count). The van der Waals surface area contributed by atoms with Gasteiger partial charge in [-0.1, -0.05) is 6.92 Å². The van der Waals surface area contributed by atoms with Crippen LogP contribution in [0.3, 0.4) is 0 Å². The number of nitrogens with zero attached hydrogens (tertiary/aromatic N) is 1. The molecule has 0 amide bonds. The monoisotopic (exact) mass is 276 g/mol. The molecule has 0 spiro atoms. The number of aromatic nitrogens is 1. The van der Waals surface area contributed by atoms with E-state index in [0.717, 1.165) is 13.0 Å². The number of aryl methyl sites for hydroxylation is 1. The normalized spacial score (nSPS) is 25.6. The van der Waals surface area contributed by atoms with Gasteiger partial charge in [0.25, 0.3) is 0 Å². The van der Waals surface area contributed by atoms with Gasteiger partial charge in [-0.05, 0) is 64.8 Å². The first kappa shape index (κ1) is 15.5. The van der Waals surface area contributed by atoms with E-state index in [1.165, 1.54) is 11.1 Å². The molecule has 0 saturated carbocycles. The summed E-state index contributed by atoms with van der Waals surface area (Å²) in [6.07, 6.45) is 4.93. The van der Waals surface area contributed by atoms with Crippen molar-refractivity contribution in [3.8, 4) is 0 Å². The molecular weight excluding hydrogens is 248 g/mol. The van der Waals surface area contributed by atoms with Crippen molar-refractivity contribution < 1.29 is 4.74 Å². The zero-order valence-corrected chi connectivity index (χ0v) is 13.7. The minimum absolute atomic E-state index is 0.0576. The van der Waals surface area contributed by atoms with Crippen LogP contribution in [0.5, 0.6) is 0 Å². The lowest BCUT2D eigenvalue weighted by molar-refractivity contribution is -0.0778. The number of hydrogen-bond donors (Lipinski definition) is 1. The van der Waals surface area contributed by atoms with E-state index in [1.807, 2.05) is 12.4 Å². The molecule has 1 saturated heterocycles. The SMILES string of the molecule is CCNC(c1cnccc1C)C1CC(C)(C)OC1(C)C. The van der Waals surface area contributed by atoms with Crippen molar-refractivity contribution in [3.63, 3.8) is 0 Å². The second kappa shape index (κ2) is 5.45. The summed E-state index contributed by atoms with van der Waals surface area (Å²) in [6, 6.07) is 2.39. The maximum atomic E-state index is 6.28. The fourth-order valence-electron chi connectivity index (χ4n) is 3.61. The molecule has 0 bridgehead atoms. The molecule has 1 aliphatic heterocycles. The van der Waals surface area contributed by atoms with E-state index in [-0.39, 0.29) is 11.2 Å². The van der Waals surface area contributed by atoms with Crippen molar-refractivity contribution in [1.29, 1.82) is 0 Å². The first-order valence-corrected chi connectivity index (χ1v) is 7.61. The van der Waals surface area contributed by atoms with Crippen LogP contribution >= 0.6 is 0 Å². The molecular formula is C17H28N2O. The molecule has 1 aromatic heterocycles. The predicted octanol–water partition coefficient (Wildman–Crippen LogP) is 3.63. The van der Waals surface area contributed by atoms with E-state index in [1.54, 1.807) is 0 Å². The summed E-state index contributed by atoms with van der Waals surface area (Å²) >= 11 is 0. The van der Waals surface area contributed by atoms with Crippen LogP contribution in [0.2, 0.25) is 0 Å². The van der Waals surface area contributed by atoms with Gasteiger partial charge >= 0.3 is 0 Å². The molecule has 3 nitrogen and oxygen atoms in total. The van der Waals surface area contributed by atoms with Gasteiger partial charge in [0, 0.05) is 24.4 Å². The molecule has 2 unspecified atom stereocenters. The predicted molar refractivity (Wildman–Crippen MR) is 82.7 cm³/mol. The summed E-state index contributed by atoms with van der Waals surface area (Å²) in [7, 11) is 0. The quantitative estimate of drug-likeness (QED) is 0.911. The van der Waals surface area contributed by atoms with Gasteiger partial charge in [0.05, 0.1) is 11.2 Å². The number of pyridine rings is 1. The molecule has 2 heterocycles. The summed E-state index contributed by atoms with van der Waals surface area (Å²) in [4.78, 5) is 4.32. The molecule has 0 aromatic carbocycles. The van der Waals surface area contributed by atoms with Crippen molar-refractivity contribution >= 4 is 0 Å². The van der Waals surface area contributed by atoms with Crippen LogP contribution < -0.4 is 5.32 Å². The molecule has 2 atom stereocenters. The highest BCUT2D eigenvalue weighted by atomic mass is 16.5. The number of nitrogens with one attached hydrogen (secondary N) is 1. The highest BCUT2D eigenvalue weighted by molar-refractivity contribution is 5.27. The molecule has 0 radical (unpaired) electrons. The van der Waals surface area contributed by atoms with Crippen LogP contribution in [0.1, 0.15) is 58.2 Å². The van der Waals surface area contributed by atoms with Crippen LogP contribution in [-0.4, -0.2) is 22.7 Å². The molecule has 112 valence electrons. The summed E-state index contributed by atoms with van der Waals surface area (Å²) in [5.74, 6) is 0.445. The van der Waals surface area contributed by atoms with Crippen molar-refractivity contribution in [1.82, 2.24) is 10.3 Å². The summed E-state index contributed by atoms with van der Waals surface area (Å²) in [5.41, 5.74) is 2.41. The zero-order valence-electron chi connectivity index (χ0n) is 13.7. The lowest BCUT2D eigenvalue weighted by Crippen LogP contribution is -2.38. The molecule has 20 heavy (non-hydrogen) atoms. The van der Waals surface area contributed by atoms with Gasteiger partial charge in [-0.2, -0.15) is 0 Å². The third-order valence-corrected chi connectivity index (χ3v) is 4.38. The van der Waals surface area contributed by atoms with Gasteiger partial charge in [0.1, 0.15) is 0 Å². The maximum absolute atomic E-state index is 6.28.